The molecule has 18 heavy (non-hydrogen) atoms. The molecule has 0 spiro atoms. The molecule has 0 aromatic carbocycles. The van der Waals surface area contributed by atoms with Crippen LogP contribution >= 0.6 is 0 Å². The monoisotopic (exact) mass is 246 g/mol. The third kappa shape index (κ3) is 1.62. The maximum atomic E-state index is 12.4. The molecule has 0 amide bonds. The second-order valence-corrected chi connectivity index (χ2v) is 7.48. The van der Waals surface area contributed by atoms with Crippen LogP contribution in [0.25, 0.3) is 0 Å². The number of fused-ring (bicyclic) bond motifs is 5. The van der Waals surface area contributed by atoms with Crippen molar-refractivity contribution < 1.29 is 4.79 Å². The van der Waals surface area contributed by atoms with Crippen molar-refractivity contribution in [2.45, 2.75) is 64.2 Å². The van der Waals surface area contributed by atoms with E-state index >= 15 is 0 Å². The third-order valence-corrected chi connectivity index (χ3v) is 6.90. The van der Waals surface area contributed by atoms with Gasteiger partial charge in [-0.05, 0) is 74.5 Å². The van der Waals surface area contributed by atoms with E-state index in [4.69, 9.17) is 0 Å². The highest BCUT2D eigenvalue weighted by molar-refractivity contribution is 5.82. The lowest BCUT2D eigenvalue weighted by molar-refractivity contribution is -0.135. The second-order valence-electron chi connectivity index (χ2n) is 7.48. The van der Waals surface area contributed by atoms with Crippen LogP contribution in [0.15, 0.2) is 0 Å². The van der Waals surface area contributed by atoms with Gasteiger partial charge in [0, 0.05) is 12.3 Å². The van der Waals surface area contributed by atoms with E-state index in [1.54, 1.807) is 0 Å². The lowest BCUT2D eigenvalue weighted by atomic mass is 9.53. The molecule has 0 aliphatic heterocycles. The SMILES string of the molecule is O=C1CCCC2CC[C@H]3[C@@H]4CCC[C@H]4CC[C@H]3[C@@H]12. The van der Waals surface area contributed by atoms with Crippen molar-refractivity contribution in [3.63, 3.8) is 0 Å². The summed E-state index contributed by atoms with van der Waals surface area (Å²) in [6.07, 6.45) is 13.6. The normalized spacial score (nSPS) is 51.4. The highest BCUT2D eigenvalue weighted by Crippen LogP contribution is 2.57. The molecule has 100 valence electrons. The highest BCUT2D eigenvalue weighted by atomic mass is 16.1. The molecule has 1 unspecified atom stereocenters. The summed E-state index contributed by atoms with van der Waals surface area (Å²) in [6.45, 7) is 0. The van der Waals surface area contributed by atoms with Gasteiger partial charge in [-0.15, -0.1) is 0 Å². The average molecular weight is 246 g/mol. The van der Waals surface area contributed by atoms with Gasteiger partial charge in [-0.1, -0.05) is 12.8 Å². The molecule has 0 bridgehead atoms. The van der Waals surface area contributed by atoms with Crippen molar-refractivity contribution >= 4 is 5.78 Å². The van der Waals surface area contributed by atoms with Crippen LogP contribution in [-0.2, 0) is 4.79 Å². The summed E-state index contributed by atoms with van der Waals surface area (Å²) in [5.41, 5.74) is 0. The van der Waals surface area contributed by atoms with Crippen LogP contribution < -0.4 is 0 Å². The van der Waals surface area contributed by atoms with E-state index in [-0.39, 0.29) is 0 Å². The maximum absolute atomic E-state index is 12.4. The zero-order valence-electron chi connectivity index (χ0n) is 11.4. The van der Waals surface area contributed by atoms with Gasteiger partial charge in [0.2, 0.25) is 0 Å². The molecular formula is C17H26O. The first kappa shape index (κ1) is 11.5. The first-order chi connectivity index (χ1) is 8.84. The molecule has 0 radical (unpaired) electrons. The number of rotatable bonds is 0. The van der Waals surface area contributed by atoms with Crippen molar-refractivity contribution in [1.82, 2.24) is 0 Å². The van der Waals surface area contributed by atoms with Gasteiger partial charge in [-0.25, -0.2) is 0 Å². The van der Waals surface area contributed by atoms with Gasteiger partial charge in [-0.2, -0.15) is 0 Å². The molecule has 4 aliphatic rings. The lowest BCUT2D eigenvalue weighted by Crippen LogP contribution is -2.46. The molecule has 0 saturated heterocycles. The Hall–Kier alpha value is -0.330. The minimum atomic E-state index is 0.499. The molecule has 0 N–H and O–H groups in total. The van der Waals surface area contributed by atoms with Crippen molar-refractivity contribution in [2.75, 3.05) is 0 Å². The zero-order valence-corrected chi connectivity index (χ0v) is 11.4. The number of Topliss-reactive ketones (excluding diaryl/α,β-unsaturated/α-hetero) is 1. The first-order valence-corrected chi connectivity index (χ1v) is 8.37. The van der Waals surface area contributed by atoms with Crippen LogP contribution in [0, 0.1) is 35.5 Å². The van der Waals surface area contributed by atoms with Gasteiger partial charge in [-0.3, -0.25) is 4.79 Å². The first-order valence-electron chi connectivity index (χ1n) is 8.37. The Bertz CT molecular complexity index is 348. The Labute approximate surface area is 111 Å². The molecule has 0 aromatic heterocycles. The number of carbonyl (C=O) groups excluding carboxylic acids is 1. The second kappa shape index (κ2) is 4.35. The summed E-state index contributed by atoms with van der Waals surface area (Å²) in [6, 6.07) is 0. The lowest BCUT2D eigenvalue weighted by Gasteiger charge is -2.51. The van der Waals surface area contributed by atoms with E-state index in [9.17, 15) is 4.79 Å². The molecule has 1 nitrogen and oxygen atoms in total. The maximum Gasteiger partial charge on any atom is 0.136 e. The topological polar surface area (TPSA) is 17.1 Å². The predicted octanol–water partition coefficient (Wildman–Crippen LogP) is 4.21. The smallest absolute Gasteiger partial charge is 0.136 e. The molecule has 4 fully saturated rings. The average Bonchev–Trinajstić information content (AvgIpc) is 2.86. The fraction of sp³-hybridized carbons (Fsp3) is 0.941. The summed E-state index contributed by atoms with van der Waals surface area (Å²) in [4.78, 5) is 12.4. The fourth-order valence-corrected chi connectivity index (χ4v) is 6.27. The van der Waals surface area contributed by atoms with Crippen LogP contribution in [0.3, 0.4) is 0 Å². The summed E-state index contributed by atoms with van der Waals surface area (Å²) < 4.78 is 0. The van der Waals surface area contributed by atoms with Crippen LogP contribution in [-0.4, -0.2) is 5.78 Å². The van der Waals surface area contributed by atoms with Crippen LogP contribution in [0.1, 0.15) is 64.2 Å². The van der Waals surface area contributed by atoms with Crippen molar-refractivity contribution in [3.8, 4) is 0 Å². The summed E-state index contributed by atoms with van der Waals surface area (Å²) >= 11 is 0. The fourth-order valence-electron chi connectivity index (χ4n) is 6.27. The van der Waals surface area contributed by atoms with E-state index in [1.165, 1.54) is 57.8 Å². The highest BCUT2D eigenvalue weighted by Gasteiger charge is 2.50. The van der Waals surface area contributed by atoms with Crippen LogP contribution in [0.2, 0.25) is 0 Å². The number of hydrogen-bond acceptors (Lipinski definition) is 1. The van der Waals surface area contributed by atoms with E-state index in [0.29, 0.717) is 11.7 Å². The quantitative estimate of drug-likeness (QED) is 0.626. The predicted molar refractivity (Wildman–Crippen MR) is 72.1 cm³/mol. The number of ketones is 1. The summed E-state index contributed by atoms with van der Waals surface area (Å²) in [5.74, 6) is 5.73. The molecule has 4 saturated carbocycles. The number of carbonyl (C=O) groups is 1. The van der Waals surface area contributed by atoms with E-state index in [2.05, 4.69) is 0 Å². The zero-order chi connectivity index (χ0) is 12.1. The van der Waals surface area contributed by atoms with Gasteiger partial charge in [0.1, 0.15) is 5.78 Å². The minimum absolute atomic E-state index is 0.499. The van der Waals surface area contributed by atoms with Crippen LogP contribution in [0.4, 0.5) is 0 Å². The van der Waals surface area contributed by atoms with Crippen molar-refractivity contribution in [1.29, 1.82) is 0 Å². The Morgan fingerprint density at radius 2 is 1.44 bits per heavy atom. The van der Waals surface area contributed by atoms with Gasteiger partial charge in [0.05, 0.1) is 0 Å². The molecule has 1 heteroatoms. The largest absolute Gasteiger partial charge is 0.299 e. The van der Waals surface area contributed by atoms with E-state index in [0.717, 1.165) is 36.0 Å². The Morgan fingerprint density at radius 3 is 2.39 bits per heavy atom. The standard InChI is InChI=1S/C17H26O/c18-16-6-2-4-12-8-9-14-13-5-1-3-11(13)7-10-15(14)17(12)16/h11-15,17H,1-10H2/t11-,12?,13+,14-,15+,17-/m0/s1. The number of hydrogen-bond donors (Lipinski definition) is 0. The van der Waals surface area contributed by atoms with Gasteiger partial charge < -0.3 is 0 Å². The van der Waals surface area contributed by atoms with Crippen molar-refractivity contribution in [2.24, 2.45) is 35.5 Å². The third-order valence-electron chi connectivity index (χ3n) is 6.90. The van der Waals surface area contributed by atoms with Gasteiger partial charge in [0.15, 0.2) is 0 Å². The van der Waals surface area contributed by atoms with Crippen molar-refractivity contribution in [3.05, 3.63) is 0 Å². The Kier molecular flexibility index (Phi) is 2.78. The van der Waals surface area contributed by atoms with E-state index in [1.807, 2.05) is 0 Å². The molecular weight excluding hydrogens is 220 g/mol. The Morgan fingerprint density at radius 1 is 0.667 bits per heavy atom. The molecule has 4 rings (SSSR count). The molecule has 0 aromatic rings. The summed E-state index contributed by atoms with van der Waals surface area (Å²) in [5, 5.41) is 0. The molecule has 4 aliphatic carbocycles. The van der Waals surface area contributed by atoms with Gasteiger partial charge in [0.25, 0.3) is 0 Å². The molecule has 6 atom stereocenters. The minimum Gasteiger partial charge on any atom is -0.299 e. The summed E-state index contributed by atoms with van der Waals surface area (Å²) in [7, 11) is 0. The molecule has 0 heterocycles. The van der Waals surface area contributed by atoms with Gasteiger partial charge >= 0.3 is 0 Å². The van der Waals surface area contributed by atoms with Crippen LogP contribution in [0.5, 0.6) is 0 Å². The van der Waals surface area contributed by atoms with E-state index < -0.39 is 0 Å². The Balaban J connectivity index is 1.60.